The molecule has 0 heterocycles. The van der Waals surface area contributed by atoms with Crippen molar-refractivity contribution in [3.8, 4) is 0 Å². The van der Waals surface area contributed by atoms with Gasteiger partial charge in [-0.1, -0.05) is 46.3 Å². The summed E-state index contributed by atoms with van der Waals surface area (Å²) < 4.78 is 0.969. The van der Waals surface area contributed by atoms with Crippen LogP contribution in [0.2, 0.25) is 0 Å². The molecule has 2 aromatic rings. The fourth-order valence-electron chi connectivity index (χ4n) is 2.80. The Morgan fingerprint density at radius 1 is 1.20 bits per heavy atom. The highest BCUT2D eigenvalue weighted by Crippen LogP contribution is 2.31. The number of carbonyl (C=O) groups excluding carboxylic acids is 1. The predicted octanol–water partition coefficient (Wildman–Crippen LogP) is 4.17. The first kappa shape index (κ1) is 13.4. The molecule has 0 radical (unpaired) electrons. The Kier molecular flexibility index (Phi) is 3.62. The number of fused-ring (bicyclic) bond motifs is 1. The van der Waals surface area contributed by atoms with E-state index in [-0.39, 0.29) is 11.9 Å². The zero-order valence-corrected chi connectivity index (χ0v) is 12.9. The Balaban J connectivity index is 1.83. The van der Waals surface area contributed by atoms with Gasteiger partial charge in [-0.3, -0.25) is 4.79 Å². The zero-order valence-electron chi connectivity index (χ0n) is 11.3. The minimum atomic E-state index is 0.00510. The molecule has 3 rings (SSSR count). The van der Waals surface area contributed by atoms with Gasteiger partial charge in [0.15, 0.2) is 0 Å². The molecule has 1 atom stereocenters. The van der Waals surface area contributed by atoms with Gasteiger partial charge < -0.3 is 5.32 Å². The topological polar surface area (TPSA) is 29.1 Å². The van der Waals surface area contributed by atoms with Crippen molar-refractivity contribution < 1.29 is 4.79 Å². The molecule has 102 valence electrons. The highest BCUT2D eigenvalue weighted by atomic mass is 79.9. The van der Waals surface area contributed by atoms with Crippen molar-refractivity contribution in [2.45, 2.75) is 25.8 Å². The first-order valence-electron chi connectivity index (χ1n) is 6.80. The maximum atomic E-state index is 12.5. The number of nitrogens with one attached hydrogen (secondary N) is 1. The number of hydrogen-bond donors (Lipinski definition) is 1. The minimum absolute atomic E-state index is 0.00510. The molecular formula is C17H16BrNO. The van der Waals surface area contributed by atoms with Crippen LogP contribution in [-0.4, -0.2) is 5.91 Å². The number of benzene rings is 2. The summed E-state index contributed by atoms with van der Waals surface area (Å²) in [6.07, 6.45) is 2.02. The fourth-order valence-corrected chi connectivity index (χ4v) is 3.16. The average molecular weight is 330 g/mol. The summed E-state index contributed by atoms with van der Waals surface area (Å²) >= 11 is 3.47. The summed E-state index contributed by atoms with van der Waals surface area (Å²) in [5, 5.41) is 3.16. The molecule has 1 amide bonds. The molecule has 0 aromatic heterocycles. The highest BCUT2D eigenvalue weighted by Gasteiger charge is 2.24. The van der Waals surface area contributed by atoms with Gasteiger partial charge in [-0.25, -0.2) is 0 Å². The van der Waals surface area contributed by atoms with Gasteiger partial charge in [0.2, 0.25) is 0 Å². The smallest absolute Gasteiger partial charge is 0.252 e. The summed E-state index contributed by atoms with van der Waals surface area (Å²) in [5.41, 5.74) is 4.33. The molecule has 20 heavy (non-hydrogen) atoms. The zero-order chi connectivity index (χ0) is 14.1. The summed E-state index contributed by atoms with van der Waals surface area (Å²) in [6.45, 7) is 1.96. The number of carbonyl (C=O) groups is 1. The van der Waals surface area contributed by atoms with E-state index >= 15 is 0 Å². The third kappa shape index (κ3) is 2.38. The van der Waals surface area contributed by atoms with Crippen LogP contribution in [0, 0.1) is 6.92 Å². The van der Waals surface area contributed by atoms with E-state index in [1.807, 2.05) is 31.2 Å². The summed E-state index contributed by atoms with van der Waals surface area (Å²) in [7, 11) is 0. The van der Waals surface area contributed by atoms with E-state index in [0.29, 0.717) is 0 Å². The molecule has 3 heteroatoms. The molecule has 0 saturated carbocycles. The molecule has 2 nitrogen and oxygen atoms in total. The number of hydrogen-bond acceptors (Lipinski definition) is 1. The van der Waals surface area contributed by atoms with Crippen molar-refractivity contribution >= 4 is 21.8 Å². The second kappa shape index (κ2) is 5.41. The maximum absolute atomic E-state index is 12.5. The summed E-state index contributed by atoms with van der Waals surface area (Å²) in [6, 6.07) is 14.2. The first-order chi connectivity index (χ1) is 9.66. The molecule has 1 unspecified atom stereocenters. The molecule has 0 bridgehead atoms. The van der Waals surface area contributed by atoms with Gasteiger partial charge in [0.05, 0.1) is 6.04 Å². The molecule has 0 saturated heterocycles. The van der Waals surface area contributed by atoms with E-state index in [2.05, 4.69) is 39.4 Å². The number of halogens is 1. The van der Waals surface area contributed by atoms with Gasteiger partial charge in [-0.15, -0.1) is 0 Å². The van der Waals surface area contributed by atoms with Crippen LogP contribution in [0.15, 0.2) is 46.9 Å². The van der Waals surface area contributed by atoms with Crippen LogP contribution < -0.4 is 5.32 Å². The minimum Gasteiger partial charge on any atom is -0.345 e. The highest BCUT2D eigenvalue weighted by molar-refractivity contribution is 9.10. The lowest BCUT2D eigenvalue weighted by molar-refractivity contribution is 0.0936. The predicted molar refractivity (Wildman–Crippen MR) is 83.8 cm³/mol. The lowest BCUT2D eigenvalue weighted by atomic mass is 10.1. The monoisotopic (exact) mass is 329 g/mol. The van der Waals surface area contributed by atoms with Crippen molar-refractivity contribution in [3.05, 3.63) is 69.2 Å². The van der Waals surface area contributed by atoms with Gasteiger partial charge in [-0.2, -0.15) is 0 Å². The molecule has 2 aromatic carbocycles. The Morgan fingerprint density at radius 2 is 2.00 bits per heavy atom. The van der Waals surface area contributed by atoms with Crippen LogP contribution in [0.25, 0.3) is 0 Å². The van der Waals surface area contributed by atoms with Crippen molar-refractivity contribution in [1.82, 2.24) is 5.32 Å². The van der Waals surface area contributed by atoms with Crippen LogP contribution in [0.4, 0.5) is 0 Å². The van der Waals surface area contributed by atoms with Crippen molar-refractivity contribution in [2.75, 3.05) is 0 Å². The molecular weight excluding hydrogens is 314 g/mol. The first-order valence-corrected chi connectivity index (χ1v) is 7.60. The summed E-state index contributed by atoms with van der Waals surface area (Å²) in [4.78, 5) is 12.5. The molecule has 1 aliphatic rings. The standard InChI is InChI=1S/C17H16BrNO/c1-11-13(7-4-8-15(11)18)17(20)19-16-10-9-12-5-2-3-6-14(12)16/h2-8,16H,9-10H2,1H3,(H,19,20). The van der Waals surface area contributed by atoms with Crippen LogP contribution in [0.3, 0.4) is 0 Å². The van der Waals surface area contributed by atoms with E-state index in [1.165, 1.54) is 11.1 Å². The number of rotatable bonds is 2. The Bertz CT molecular complexity index is 666. The van der Waals surface area contributed by atoms with Crippen LogP contribution >= 0.6 is 15.9 Å². The second-order valence-corrected chi connectivity index (χ2v) is 6.03. The van der Waals surface area contributed by atoms with Crippen molar-refractivity contribution in [2.24, 2.45) is 0 Å². The Hall–Kier alpha value is -1.61. The SMILES string of the molecule is Cc1c(Br)cccc1C(=O)NC1CCc2ccccc21. The summed E-state index contributed by atoms with van der Waals surface area (Å²) in [5.74, 6) is 0.00510. The van der Waals surface area contributed by atoms with E-state index in [4.69, 9.17) is 0 Å². The third-order valence-electron chi connectivity index (χ3n) is 3.95. The lowest BCUT2D eigenvalue weighted by Crippen LogP contribution is -2.27. The van der Waals surface area contributed by atoms with E-state index in [9.17, 15) is 4.79 Å². The van der Waals surface area contributed by atoms with E-state index in [0.717, 1.165) is 28.4 Å². The third-order valence-corrected chi connectivity index (χ3v) is 4.81. The van der Waals surface area contributed by atoms with Crippen LogP contribution in [0.1, 0.15) is 39.5 Å². The largest absolute Gasteiger partial charge is 0.345 e. The molecule has 1 aliphatic carbocycles. The maximum Gasteiger partial charge on any atom is 0.252 e. The van der Waals surface area contributed by atoms with Crippen LogP contribution in [-0.2, 0) is 6.42 Å². The van der Waals surface area contributed by atoms with Crippen LogP contribution in [0.5, 0.6) is 0 Å². The lowest BCUT2D eigenvalue weighted by Gasteiger charge is -2.15. The molecule has 0 fully saturated rings. The molecule has 0 aliphatic heterocycles. The fraction of sp³-hybridized carbons (Fsp3) is 0.235. The molecule has 0 spiro atoms. The van der Waals surface area contributed by atoms with Crippen molar-refractivity contribution in [1.29, 1.82) is 0 Å². The number of aryl methyl sites for hydroxylation is 1. The van der Waals surface area contributed by atoms with E-state index in [1.54, 1.807) is 0 Å². The normalized spacial score (nSPS) is 16.8. The van der Waals surface area contributed by atoms with Gasteiger partial charge in [0.25, 0.3) is 5.91 Å². The number of amides is 1. The van der Waals surface area contributed by atoms with E-state index < -0.39 is 0 Å². The second-order valence-electron chi connectivity index (χ2n) is 5.18. The Labute approximate surface area is 127 Å². The van der Waals surface area contributed by atoms with Gasteiger partial charge in [-0.05, 0) is 48.6 Å². The van der Waals surface area contributed by atoms with Gasteiger partial charge >= 0.3 is 0 Å². The molecule has 1 N–H and O–H groups in total. The van der Waals surface area contributed by atoms with Gasteiger partial charge in [0.1, 0.15) is 0 Å². The quantitative estimate of drug-likeness (QED) is 0.880. The average Bonchev–Trinajstić information content (AvgIpc) is 2.85. The Morgan fingerprint density at radius 3 is 2.85 bits per heavy atom. The van der Waals surface area contributed by atoms with Gasteiger partial charge in [0, 0.05) is 10.0 Å². The van der Waals surface area contributed by atoms with Crippen molar-refractivity contribution in [3.63, 3.8) is 0 Å².